The van der Waals surface area contributed by atoms with Crippen LogP contribution in [0.3, 0.4) is 0 Å². The van der Waals surface area contributed by atoms with Gasteiger partial charge in [0, 0.05) is 25.2 Å². The summed E-state index contributed by atoms with van der Waals surface area (Å²) < 4.78 is 10.1. The van der Waals surface area contributed by atoms with Crippen LogP contribution in [0.25, 0.3) is 0 Å². The van der Waals surface area contributed by atoms with Crippen LogP contribution in [-0.2, 0) is 25.6 Å². The molecule has 2 aromatic rings. The Bertz CT molecular complexity index is 1030. The molecule has 35 heavy (non-hydrogen) atoms. The van der Waals surface area contributed by atoms with Gasteiger partial charge in [0.15, 0.2) is 9.50 Å². The van der Waals surface area contributed by atoms with Gasteiger partial charge < -0.3 is 20.1 Å². The van der Waals surface area contributed by atoms with Crippen molar-refractivity contribution in [2.24, 2.45) is 5.10 Å². The van der Waals surface area contributed by atoms with Gasteiger partial charge in [0.2, 0.25) is 0 Å². The summed E-state index contributed by atoms with van der Waals surface area (Å²) in [5.74, 6) is -0.649. The number of rotatable bonds is 8. The fourth-order valence-corrected chi connectivity index (χ4v) is 3.90. The molecule has 2 N–H and O–H groups in total. The number of thiazole rings is 1. The maximum Gasteiger partial charge on any atom is 0.328 e. The molecule has 0 bridgehead atoms. The highest BCUT2D eigenvalue weighted by molar-refractivity contribution is 7.15. The first-order valence-electron chi connectivity index (χ1n) is 10.3. The number of methoxy groups -OCH3 is 2. The van der Waals surface area contributed by atoms with E-state index in [1.165, 1.54) is 37.5 Å². The number of hydrogen-bond acceptors (Lipinski definition) is 8. The van der Waals surface area contributed by atoms with E-state index in [4.69, 9.17) is 21.1 Å². The second-order valence-corrected chi connectivity index (χ2v) is 8.70. The molecule has 0 aliphatic carbocycles. The Labute approximate surface area is 212 Å². The molecule has 12 nitrogen and oxygen atoms in total. The van der Waals surface area contributed by atoms with Crippen molar-refractivity contribution in [2.75, 3.05) is 32.8 Å². The zero-order valence-electron chi connectivity index (χ0n) is 20.3. The number of nitro groups is 1. The van der Waals surface area contributed by atoms with E-state index in [-0.39, 0.29) is 18.5 Å². The van der Waals surface area contributed by atoms with Crippen LogP contribution in [0.2, 0.25) is 4.47 Å². The highest BCUT2D eigenvalue weighted by Gasteiger charge is 2.29. The fourth-order valence-electron chi connectivity index (χ4n) is 2.98. The lowest BCUT2D eigenvalue weighted by Crippen LogP contribution is -2.46. The molecule has 1 aromatic heterocycles. The third kappa shape index (κ3) is 9.47. The second kappa shape index (κ2) is 14.9. The normalized spacial score (nSPS) is 11.6. The highest BCUT2D eigenvalue weighted by Crippen LogP contribution is 2.27. The van der Waals surface area contributed by atoms with Crippen LogP contribution >= 0.6 is 22.9 Å². The molecule has 14 heteroatoms. The molecule has 0 saturated carbocycles. The minimum absolute atomic E-state index is 0.0875. The molecule has 0 radical (unpaired) electrons. The number of hydrazone groups is 1. The Morgan fingerprint density at radius 2 is 1.94 bits per heavy atom. The lowest BCUT2D eigenvalue weighted by Gasteiger charge is -2.30. The number of carbonyl (C=O) groups excluding carboxylic acids is 2. The zero-order chi connectivity index (χ0) is 26.5. The maximum atomic E-state index is 12.3. The van der Waals surface area contributed by atoms with Crippen molar-refractivity contribution in [3.8, 4) is 0 Å². The number of anilines is 1. The Morgan fingerprint density at radius 3 is 2.40 bits per heavy atom. The molecule has 0 saturated heterocycles. The van der Waals surface area contributed by atoms with E-state index in [0.29, 0.717) is 11.0 Å². The molecule has 0 aliphatic rings. The van der Waals surface area contributed by atoms with E-state index in [1.807, 2.05) is 32.0 Å². The standard InChI is InChI=1S/C15H21NO4.C6H8ClN5O2S/c1-10-7-6-8-11(2)14(10)16(13(17)9-19-4)12(3)15(18)20-5;1-8-6(11-12(13)14)10-3-4-2-9-5(7)15-4/h6-8,12H,9H2,1-5H3;2H,3H2,1H3,(H2,8,10,11). The van der Waals surface area contributed by atoms with Crippen molar-refractivity contribution in [1.82, 2.24) is 15.6 Å². The monoisotopic (exact) mass is 528 g/mol. The van der Waals surface area contributed by atoms with Gasteiger partial charge >= 0.3 is 5.97 Å². The minimum atomic E-state index is -0.779. The van der Waals surface area contributed by atoms with E-state index in [0.717, 1.165) is 21.7 Å². The number of para-hydroxylation sites is 1. The van der Waals surface area contributed by atoms with Crippen LogP contribution in [0.4, 0.5) is 5.69 Å². The third-order valence-corrected chi connectivity index (χ3v) is 5.64. The number of ether oxygens (including phenoxy) is 2. The number of nitrogens with zero attached hydrogens (tertiary/aromatic N) is 4. The first kappa shape index (κ1) is 29.7. The Morgan fingerprint density at radius 1 is 1.31 bits per heavy atom. The zero-order valence-corrected chi connectivity index (χ0v) is 21.9. The van der Waals surface area contributed by atoms with Crippen molar-refractivity contribution in [2.45, 2.75) is 33.4 Å². The number of aryl methyl sites for hydroxylation is 2. The van der Waals surface area contributed by atoms with Crippen LogP contribution in [-0.4, -0.2) is 61.8 Å². The van der Waals surface area contributed by atoms with Crippen molar-refractivity contribution < 1.29 is 24.1 Å². The first-order chi connectivity index (χ1) is 16.5. The van der Waals surface area contributed by atoms with Gasteiger partial charge in [0.05, 0.1) is 19.3 Å². The Kier molecular flexibility index (Phi) is 12.6. The van der Waals surface area contributed by atoms with Crippen LogP contribution in [0.15, 0.2) is 29.5 Å². The number of benzene rings is 1. The number of amides is 1. The maximum absolute atomic E-state index is 12.3. The summed E-state index contributed by atoms with van der Waals surface area (Å²) in [4.78, 5) is 40.3. The molecular formula is C21H29ClN6O6S. The highest BCUT2D eigenvalue weighted by atomic mass is 35.5. The largest absolute Gasteiger partial charge is 0.467 e. The summed E-state index contributed by atoms with van der Waals surface area (Å²) in [6.07, 6.45) is 1.60. The molecule has 192 valence electrons. The van der Waals surface area contributed by atoms with Gasteiger partial charge in [-0.15, -0.1) is 11.3 Å². The topological polar surface area (TPSA) is 148 Å². The molecule has 1 unspecified atom stereocenters. The number of hydrogen-bond donors (Lipinski definition) is 2. The van der Waals surface area contributed by atoms with Gasteiger partial charge in [0.25, 0.3) is 11.9 Å². The molecule has 1 heterocycles. The molecule has 0 spiro atoms. The first-order valence-corrected chi connectivity index (χ1v) is 11.4. The molecule has 0 fully saturated rings. The SMILES string of the molecule is CN/C(=N\[N+](=O)[O-])NCc1cnc(Cl)s1.COCC(=O)N(c1c(C)cccc1C)C(C)C(=O)OC. The van der Waals surface area contributed by atoms with Crippen LogP contribution in [0.1, 0.15) is 22.9 Å². The average molecular weight is 529 g/mol. The quantitative estimate of drug-likeness (QED) is 0.173. The van der Waals surface area contributed by atoms with Crippen molar-refractivity contribution in [3.63, 3.8) is 0 Å². The Hall–Kier alpha value is -3.29. The number of guanidine groups is 1. The van der Waals surface area contributed by atoms with Crippen LogP contribution < -0.4 is 15.5 Å². The van der Waals surface area contributed by atoms with Gasteiger partial charge in [-0.25, -0.2) is 19.9 Å². The van der Waals surface area contributed by atoms with Crippen LogP contribution in [0, 0.1) is 24.0 Å². The van der Waals surface area contributed by atoms with Gasteiger partial charge in [-0.3, -0.25) is 9.69 Å². The van der Waals surface area contributed by atoms with Crippen molar-refractivity contribution >= 4 is 46.5 Å². The van der Waals surface area contributed by atoms with E-state index >= 15 is 0 Å². The summed E-state index contributed by atoms with van der Waals surface area (Å²) in [5, 5.41) is 17.7. The fraction of sp³-hybridized carbons (Fsp3) is 0.429. The molecule has 1 amide bonds. The molecule has 1 aromatic carbocycles. The summed E-state index contributed by atoms with van der Waals surface area (Å²) in [6.45, 7) is 5.75. The summed E-state index contributed by atoms with van der Waals surface area (Å²) in [6, 6.07) is 5.01. The second-order valence-electron chi connectivity index (χ2n) is 7.01. The number of carbonyl (C=O) groups is 2. The van der Waals surface area contributed by atoms with Crippen LogP contribution in [0.5, 0.6) is 0 Å². The van der Waals surface area contributed by atoms with E-state index in [9.17, 15) is 19.7 Å². The van der Waals surface area contributed by atoms with E-state index < -0.39 is 17.0 Å². The smallest absolute Gasteiger partial charge is 0.328 e. The van der Waals surface area contributed by atoms with Gasteiger partial charge in [-0.05, 0) is 31.9 Å². The minimum Gasteiger partial charge on any atom is -0.467 e. The van der Waals surface area contributed by atoms with E-state index in [2.05, 4.69) is 20.7 Å². The number of halogens is 1. The molecule has 0 aliphatic heterocycles. The van der Waals surface area contributed by atoms with E-state index in [1.54, 1.807) is 13.1 Å². The lowest BCUT2D eigenvalue weighted by atomic mass is 10.1. The molecular weight excluding hydrogens is 500 g/mol. The summed E-state index contributed by atoms with van der Waals surface area (Å²) in [7, 11) is 4.29. The Balaban J connectivity index is 0.000000365. The molecule has 1 atom stereocenters. The van der Waals surface area contributed by atoms with Crippen molar-refractivity contribution in [1.29, 1.82) is 0 Å². The number of esters is 1. The predicted octanol–water partition coefficient (Wildman–Crippen LogP) is 2.50. The molecule has 2 rings (SSSR count). The number of nitrogens with one attached hydrogen (secondary N) is 2. The summed E-state index contributed by atoms with van der Waals surface area (Å²) in [5.41, 5.74) is 2.57. The summed E-state index contributed by atoms with van der Waals surface area (Å²) >= 11 is 6.92. The predicted molar refractivity (Wildman–Crippen MR) is 134 cm³/mol. The van der Waals surface area contributed by atoms with Crippen molar-refractivity contribution in [3.05, 3.63) is 55.0 Å². The lowest BCUT2D eigenvalue weighted by molar-refractivity contribution is -0.485. The van der Waals surface area contributed by atoms with Gasteiger partial charge in [0.1, 0.15) is 17.8 Å². The average Bonchev–Trinajstić information content (AvgIpc) is 3.23. The number of aromatic nitrogens is 1. The van der Waals surface area contributed by atoms with Gasteiger partial charge in [-0.1, -0.05) is 29.8 Å². The van der Waals surface area contributed by atoms with Gasteiger partial charge in [-0.2, -0.15) is 0 Å². The third-order valence-electron chi connectivity index (χ3n) is 4.52.